The number of carbonyl (C=O) groups is 3. The molecule has 3 amide bonds. The Hall–Kier alpha value is -3.21. The molecule has 0 spiro atoms. The molecule has 0 unspecified atom stereocenters. The summed E-state index contributed by atoms with van der Waals surface area (Å²) >= 11 is 0. The zero-order chi connectivity index (χ0) is 27.3. The molecule has 39 heavy (non-hydrogen) atoms. The van der Waals surface area contributed by atoms with Gasteiger partial charge in [-0.25, -0.2) is 0 Å². The normalized spacial score (nSPS) is 35.6. The van der Waals surface area contributed by atoms with Crippen molar-refractivity contribution in [2.75, 3.05) is 20.1 Å². The van der Waals surface area contributed by atoms with Crippen molar-refractivity contribution in [3.63, 3.8) is 0 Å². The summed E-state index contributed by atoms with van der Waals surface area (Å²) in [5.41, 5.74) is 2.80. The van der Waals surface area contributed by atoms with E-state index in [0.717, 1.165) is 29.5 Å². The van der Waals surface area contributed by atoms with Gasteiger partial charge < -0.3 is 20.3 Å². The smallest absolute Gasteiger partial charge is 0.280 e. The van der Waals surface area contributed by atoms with Crippen LogP contribution in [0.5, 0.6) is 0 Å². The molecule has 5 heterocycles. The third kappa shape index (κ3) is 3.34. The molecule has 0 saturated carbocycles. The number of fused-ring (bicyclic) bond motifs is 5. The number of nitrogens with one attached hydrogen (secondary N) is 2. The lowest BCUT2D eigenvalue weighted by Crippen LogP contribution is -2.71. The van der Waals surface area contributed by atoms with E-state index in [-0.39, 0.29) is 17.9 Å². The van der Waals surface area contributed by atoms with Crippen LogP contribution in [0.2, 0.25) is 0 Å². The summed E-state index contributed by atoms with van der Waals surface area (Å²) in [6.45, 7) is 4.44. The molecule has 1 aliphatic carbocycles. The lowest BCUT2D eigenvalue weighted by molar-refractivity contribution is -0.315. The Morgan fingerprint density at radius 3 is 2.92 bits per heavy atom. The van der Waals surface area contributed by atoms with Crippen molar-refractivity contribution in [2.24, 2.45) is 5.92 Å². The first-order chi connectivity index (χ1) is 18.7. The van der Waals surface area contributed by atoms with Crippen LogP contribution in [0.15, 0.2) is 30.5 Å². The summed E-state index contributed by atoms with van der Waals surface area (Å²) in [6, 6.07) is 4.87. The number of aromatic nitrogens is 1. The Kier molecular flexibility index (Phi) is 5.34. The number of nitrogens with zero attached hydrogens (tertiary/aromatic N) is 3. The Morgan fingerprint density at radius 1 is 1.31 bits per heavy atom. The summed E-state index contributed by atoms with van der Waals surface area (Å²) in [5, 5.41) is 15.8. The molecule has 3 N–H and O–H groups in total. The highest BCUT2D eigenvalue weighted by Crippen LogP contribution is 2.46. The quantitative estimate of drug-likeness (QED) is 0.549. The molecule has 5 aliphatic rings. The van der Waals surface area contributed by atoms with Crippen LogP contribution in [-0.2, 0) is 25.5 Å². The molecule has 7 rings (SSSR count). The number of hydrogen-bond acceptors (Lipinski definition) is 6. The average Bonchev–Trinajstić information content (AvgIpc) is 3.61. The summed E-state index contributed by atoms with van der Waals surface area (Å²) < 4.78 is 6.14. The molecule has 10 heteroatoms. The summed E-state index contributed by atoms with van der Waals surface area (Å²) in [7, 11) is 2.02. The van der Waals surface area contributed by atoms with Gasteiger partial charge in [0, 0.05) is 36.2 Å². The van der Waals surface area contributed by atoms with Gasteiger partial charge in [-0.1, -0.05) is 31.6 Å². The SMILES string of the molecule is CCC[C@H]1C(=O)N2CCC[C@H]2[C@]2(O)O[C@@](C)(NC(=O)[C@@H]3C=C4c5cccc6[nH]cc(c56)C[C@H]4N(C)C3)C(=O)N12. The molecule has 0 bridgehead atoms. The molecule has 206 valence electrons. The topological polar surface area (TPSA) is 118 Å². The highest BCUT2D eigenvalue weighted by atomic mass is 16.7. The third-order valence-corrected chi connectivity index (χ3v) is 9.42. The number of piperazine rings is 1. The molecule has 0 radical (unpaired) electrons. The van der Waals surface area contributed by atoms with Crippen molar-refractivity contribution in [2.45, 2.75) is 75.7 Å². The van der Waals surface area contributed by atoms with Crippen molar-refractivity contribution in [3.8, 4) is 0 Å². The minimum absolute atomic E-state index is 0.156. The van der Waals surface area contributed by atoms with E-state index in [9.17, 15) is 19.5 Å². The zero-order valence-corrected chi connectivity index (χ0v) is 22.6. The second kappa shape index (κ2) is 8.39. The van der Waals surface area contributed by atoms with Gasteiger partial charge in [-0.2, -0.15) is 0 Å². The Balaban J connectivity index is 1.20. The van der Waals surface area contributed by atoms with Gasteiger partial charge in [-0.3, -0.25) is 28.9 Å². The number of H-pyrrole nitrogens is 1. The fourth-order valence-electron chi connectivity index (χ4n) is 7.63. The minimum Gasteiger partial charge on any atom is -0.361 e. The molecule has 10 nitrogen and oxygen atoms in total. The van der Waals surface area contributed by atoms with Crippen molar-refractivity contribution < 1.29 is 24.2 Å². The Bertz CT molecular complexity index is 1430. The summed E-state index contributed by atoms with van der Waals surface area (Å²) in [5.74, 6) is -3.57. The highest BCUT2D eigenvalue weighted by Gasteiger charge is 2.69. The number of ether oxygens (including phenoxy) is 1. The van der Waals surface area contributed by atoms with E-state index in [1.165, 1.54) is 22.8 Å². The third-order valence-electron chi connectivity index (χ3n) is 9.42. The maximum Gasteiger partial charge on any atom is 0.280 e. The second-order valence-corrected chi connectivity index (χ2v) is 11.9. The van der Waals surface area contributed by atoms with E-state index < -0.39 is 35.5 Å². The van der Waals surface area contributed by atoms with Crippen LogP contribution in [0.4, 0.5) is 0 Å². The maximum atomic E-state index is 13.9. The van der Waals surface area contributed by atoms with Crippen molar-refractivity contribution in [1.82, 2.24) is 25.0 Å². The fourth-order valence-corrected chi connectivity index (χ4v) is 7.63. The van der Waals surface area contributed by atoms with E-state index in [2.05, 4.69) is 33.5 Å². The average molecular weight is 534 g/mol. The second-order valence-electron chi connectivity index (χ2n) is 11.9. The molecule has 1 aromatic heterocycles. The van der Waals surface area contributed by atoms with E-state index in [0.29, 0.717) is 32.4 Å². The molecule has 6 atom stereocenters. The number of hydrogen-bond donors (Lipinski definition) is 3. The van der Waals surface area contributed by atoms with Crippen LogP contribution in [0.3, 0.4) is 0 Å². The van der Waals surface area contributed by atoms with E-state index in [4.69, 9.17) is 4.74 Å². The number of rotatable bonds is 4. The number of amides is 3. The fraction of sp³-hybridized carbons (Fsp3) is 0.552. The van der Waals surface area contributed by atoms with Gasteiger partial charge in [0.2, 0.25) is 17.5 Å². The minimum atomic E-state index is -1.97. The van der Waals surface area contributed by atoms with Gasteiger partial charge in [0.05, 0.1) is 5.92 Å². The van der Waals surface area contributed by atoms with E-state index >= 15 is 0 Å². The van der Waals surface area contributed by atoms with E-state index in [1.54, 1.807) is 4.90 Å². The number of carbonyl (C=O) groups excluding carboxylic acids is 3. The molecule has 4 aliphatic heterocycles. The summed E-state index contributed by atoms with van der Waals surface area (Å²) in [4.78, 5) is 49.3. The first-order valence-corrected chi connectivity index (χ1v) is 14.1. The van der Waals surface area contributed by atoms with Crippen molar-refractivity contribution in [3.05, 3.63) is 41.6 Å². The number of likely N-dealkylation sites (N-methyl/N-ethyl adjacent to an activating group) is 1. The molecular formula is C29H35N5O5. The largest absolute Gasteiger partial charge is 0.361 e. The van der Waals surface area contributed by atoms with Crippen LogP contribution in [0.1, 0.15) is 50.7 Å². The van der Waals surface area contributed by atoms with Crippen LogP contribution in [-0.4, -0.2) is 92.4 Å². The Labute approximate surface area is 226 Å². The van der Waals surface area contributed by atoms with Crippen LogP contribution >= 0.6 is 0 Å². The first kappa shape index (κ1) is 24.8. The van der Waals surface area contributed by atoms with Crippen LogP contribution in [0, 0.1) is 5.92 Å². The molecular weight excluding hydrogens is 498 g/mol. The Morgan fingerprint density at radius 2 is 2.13 bits per heavy atom. The molecule has 1 aromatic carbocycles. The van der Waals surface area contributed by atoms with Gasteiger partial charge in [0.25, 0.3) is 11.8 Å². The standard InChI is InChI=1S/C29H35N5O5/c1-4-7-21-26(36)33-11-6-10-23(33)29(38)34(21)27(37)28(2,39-29)31-25(35)17-12-19-18-8-5-9-20-24(18)16(14-30-20)13-22(19)32(3)15-17/h5,8-9,12,14,17,21-23,30,38H,4,6-7,10-11,13,15H2,1-3H3,(H,31,35)/t17-,21+,22-,23+,28-,29+/m1/s1. The van der Waals surface area contributed by atoms with Crippen LogP contribution < -0.4 is 5.32 Å². The monoisotopic (exact) mass is 533 g/mol. The van der Waals surface area contributed by atoms with Gasteiger partial charge in [0.1, 0.15) is 12.1 Å². The van der Waals surface area contributed by atoms with E-state index in [1.807, 2.05) is 26.1 Å². The molecule has 3 saturated heterocycles. The lowest BCUT2D eigenvalue weighted by atomic mass is 9.79. The van der Waals surface area contributed by atoms with Crippen molar-refractivity contribution in [1.29, 1.82) is 0 Å². The molecule has 2 aromatic rings. The number of benzene rings is 1. The molecule has 3 fully saturated rings. The summed E-state index contributed by atoms with van der Waals surface area (Å²) in [6.07, 6.45) is 7.29. The van der Waals surface area contributed by atoms with Gasteiger partial charge in [0.15, 0.2) is 0 Å². The van der Waals surface area contributed by atoms with Gasteiger partial charge >= 0.3 is 0 Å². The zero-order valence-electron chi connectivity index (χ0n) is 22.6. The highest BCUT2D eigenvalue weighted by molar-refractivity contribution is 6.00. The van der Waals surface area contributed by atoms with Crippen molar-refractivity contribution >= 4 is 34.2 Å². The maximum absolute atomic E-state index is 13.9. The number of aliphatic hydroxyl groups is 1. The predicted molar refractivity (Wildman–Crippen MR) is 143 cm³/mol. The first-order valence-electron chi connectivity index (χ1n) is 14.1. The lowest BCUT2D eigenvalue weighted by Gasteiger charge is -2.48. The van der Waals surface area contributed by atoms with Gasteiger partial charge in [-0.05, 0) is 62.4 Å². The van der Waals surface area contributed by atoms with Crippen LogP contribution in [0.25, 0.3) is 16.5 Å². The predicted octanol–water partition coefficient (Wildman–Crippen LogP) is 1.55. The van der Waals surface area contributed by atoms with Gasteiger partial charge in [-0.15, -0.1) is 0 Å². The number of aromatic amines is 1.